The van der Waals surface area contributed by atoms with Crippen LogP contribution in [-0.4, -0.2) is 65.3 Å². The molecule has 1 saturated carbocycles. The van der Waals surface area contributed by atoms with E-state index in [1.807, 2.05) is 70.4 Å². The molecule has 2 aliphatic rings. The summed E-state index contributed by atoms with van der Waals surface area (Å²) in [5.74, 6) is -0.110. The maximum atomic E-state index is 13.9. The van der Waals surface area contributed by atoms with Crippen LogP contribution in [-0.2, 0) is 9.59 Å². The highest BCUT2D eigenvalue weighted by atomic mass is 16.3. The summed E-state index contributed by atoms with van der Waals surface area (Å²) in [6, 6.07) is 7.82. The molecule has 2 fully saturated rings. The van der Waals surface area contributed by atoms with Gasteiger partial charge in [0.05, 0.1) is 23.5 Å². The Morgan fingerprint density at radius 2 is 1.92 bits per heavy atom. The van der Waals surface area contributed by atoms with Crippen LogP contribution < -0.4 is 5.32 Å². The summed E-state index contributed by atoms with van der Waals surface area (Å²) in [5.41, 5.74) is 2.20. The maximum absolute atomic E-state index is 13.9. The van der Waals surface area contributed by atoms with E-state index in [0.29, 0.717) is 5.92 Å². The van der Waals surface area contributed by atoms with Crippen LogP contribution in [0.15, 0.2) is 48.9 Å². The maximum Gasteiger partial charge on any atom is 0.248 e. The van der Waals surface area contributed by atoms with Gasteiger partial charge in [0.25, 0.3) is 0 Å². The first kappa shape index (κ1) is 25.1. The summed E-state index contributed by atoms with van der Waals surface area (Å²) < 4.78 is 3.40. The molecule has 2 aromatic heterocycles. The van der Waals surface area contributed by atoms with Crippen molar-refractivity contribution in [3.63, 3.8) is 0 Å². The molecule has 4 atom stereocenters. The summed E-state index contributed by atoms with van der Waals surface area (Å²) in [4.78, 5) is 29.0. The van der Waals surface area contributed by atoms with Crippen molar-refractivity contribution in [2.45, 2.75) is 77.1 Å². The number of amides is 2. The van der Waals surface area contributed by atoms with Crippen LogP contribution in [0.5, 0.6) is 0 Å². The number of para-hydroxylation sites is 1. The second-order valence-electron chi connectivity index (χ2n) is 11.3. The smallest absolute Gasteiger partial charge is 0.248 e. The number of carbonyl (C=O) groups excluding carboxylic acids is 2. The number of likely N-dealkylation sites (tertiary alicyclic amines) is 1. The number of aliphatic hydroxyl groups is 1. The van der Waals surface area contributed by atoms with E-state index in [4.69, 9.17) is 0 Å². The first-order chi connectivity index (χ1) is 17.6. The molecular formula is C27H35N7O3. The number of benzene rings is 1. The van der Waals surface area contributed by atoms with Gasteiger partial charge < -0.3 is 15.3 Å². The van der Waals surface area contributed by atoms with Crippen molar-refractivity contribution in [1.82, 2.24) is 35.0 Å². The highest BCUT2D eigenvalue weighted by molar-refractivity contribution is 5.90. The molecule has 0 bridgehead atoms. The molecular weight excluding hydrogens is 470 g/mol. The minimum Gasteiger partial charge on any atom is -0.391 e. The van der Waals surface area contributed by atoms with Crippen LogP contribution in [0, 0.1) is 5.41 Å². The molecule has 3 unspecified atom stereocenters. The standard InChI is InChI=1S/C27H35N7O3/c1-17(20-8-5-6-9-22(20)33-13-7-12-28-33)29-25(36)23-14-19(35)15-32(23)26(37)24(27(2,3)4)34-16-21(30-31-34)18-10-11-18/h5-9,12-13,16-19,23-24,35H,10-11,14-15H2,1-4H3,(H,29,36)/t17?,19?,23?,24-/m1/s1. The van der Waals surface area contributed by atoms with Crippen LogP contribution in [0.3, 0.4) is 0 Å². The van der Waals surface area contributed by atoms with E-state index in [9.17, 15) is 14.7 Å². The van der Waals surface area contributed by atoms with Gasteiger partial charge in [0.2, 0.25) is 11.8 Å². The number of nitrogens with zero attached hydrogens (tertiary/aromatic N) is 6. The molecule has 10 nitrogen and oxygen atoms in total. The molecule has 0 spiro atoms. The third-order valence-corrected chi connectivity index (χ3v) is 7.22. The van der Waals surface area contributed by atoms with E-state index >= 15 is 0 Å². The van der Waals surface area contributed by atoms with Gasteiger partial charge in [-0.2, -0.15) is 5.10 Å². The van der Waals surface area contributed by atoms with Crippen molar-refractivity contribution < 1.29 is 14.7 Å². The highest BCUT2D eigenvalue weighted by Gasteiger charge is 2.45. The number of hydrogen-bond donors (Lipinski definition) is 2. The van der Waals surface area contributed by atoms with Gasteiger partial charge in [0, 0.05) is 37.5 Å². The zero-order valence-electron chi connectivity index (χ0n) is 21.8. The van der Waals surface area contributed by atoms with Crippen molar-refractivity contribution in [1.29, 1.82) is 0 Å². The Kier molecular flexibility index (Phi) is 6.61. The van der Waals surface area contributed by atoms with E-state index < -0.39 is 23.6 Å². The number of β-amino-alcohol motifs (C(OH)–C–C–N with tert-alkyl or cyclic N) is 1. The molecule has 5 rings (SSSR count). The Morgan fingerprint density at radius 3 is 2.59 bits per heavy atom. The first-order valence-corrected chi connectivity index (χ1v) is 12.9. The SMILES string of the molecule is CC(NC(=O)C1CC(O)CN1C(=O)[C@@H](n1cc(C2CC2)nn1)C(C)(C)C)c1ccccc1-n1cccn1. The molecule has 196 valence electrons. The molecule has 3 aromatic rings. The van der Waals surface area contributed by atoms with Crippen molar-refractivity contribution in [2.75, 3.05) is 6.54 Å². The fraction of sp³-hybridized carbons (Fsp3) is 0.519. The van der Waals surface area contributed by atoms with Gasteiger partial charge in [-0.15, -0.1) is 5.10 Å². The number of aliphatic hydroxyl groups excluding tert-OH is 1. The largest absolute Gasteiger partial charge is 0.391 e. The molecule has 10 heteroatoms. The third kappa shape index (κ3) is 5.16. The zero-order chi connectivity index (χ0) is 26.3. The molecule has 2 N–H and O–H groups in total. The average molecular weight is 506 g/mol. The Morgan fingerprint density at radius 1 is 1.16 bits per heavy atom. The quantitative estimate of drug-likeness (QED) is 0.510. The van der Waals surface area contributed by atoms with Crippen LogP contribution in [0.25, 0.3) is 5.69 Å². The Hall–Kier alpha value is -3.53. The molecule has 1 aliphatic heterocycles. The normalized spacial score (nSPS) is 21.6. The molecule has 37 heavy (non-hydrogen) atoms. The number of aromatic nitrogens is 5. The van der Waals surface area contributed by atoms with Crippen LogP contribution in [0.1, 0.15) is 76.2 Å². The number of hydrogen-bond acceptors (Lipinski definition) is 6. The van der Waals surface area contributed by atoms with E-state index in [1.54, 1.807) is 15.6 Å². The average Bonchev–Trinajstić information content (AvgIpc) is 3.23. The lowest BCUT2D eigenvalue weighted by molar-refractivity contribution is -0.144. The minimum atomic E-state index is -0.780. The van der Waals surface area contributed by atoms with Crippen molar-refractivity contribution in [3.05, 3.63) is 60.2 Å². The summed E-state index contributed by atoms with van der Waals surface area (Å²) in [5, 5.41) is 26.5. The third-order valence-electron chi connectivity index (χ3n) is 7.22. The van der Waals surface area contributed by atoms with Gasteiger partial charge in [0.1, 0.15) is 12.1 Å². The number of rotatable bonds is 7. The van der Waals surface area contributed by atoms with Crippen LogP contribution >= 0.6 is 0 Å². The monoisotopic (exact) mass is 505 g/mol. The van der Waals surface area contributed by atoms with Crippen molar-refractivity contribution in [2.24, 2.45) is 5.41 Å². The number of nitrogens with one attached hydrogen (secondary N) is 1. The van der Waals surface area contributed by atoms with E-state index in [1.165, 1.54) is 4.90 Å². The fourth-order valence-electron chi connectivity index (χ4n) is 5.19. The molecule has 3 heterocycles. The summed E-state index contributed by atoms with van der Waals surface area (Å²) >= 11 is 0. The Balaban J connectivity index is 1.36. The topological polar surface area (TPSA) is 118 Å². The van der Waals surface area contributed by atoms with Gasteiger partial charge in [-0.3, -0.25) is 9.59 Å². The highest BCUT2D eigenvalue weighted by Crippen LogP contribution is 2.40. The number of carbonyl (C=O) groups is 2. The van der Waals surface area contributed by atoms with Gasteiger partial charge in [-0.1, -0.05) is 44.2 Å². The fourth-order valence-corrected chi connectivity index (χ4v) is 5.19. The van der Waals surface area contributed by atoms with E-state index in [2.05, 4.69) is 20.7 Å². The summed E-state index contributed by atoms with van der Waals surface area (Å²) in [7, 11) is 0. The van der Waals surface area contributed by atoms with Gasteiger partial charge >= 0.3 is 0 Å². The van der Waals surface area contributed by atoms with Gasteiger partial charge in [-0.05, 0) is 42.9 Å². The molecule has 1 saturated heterocycles. The molecule has 1 aromatic carbocycles. The lowest BCUT2D eigenvalue weighted by atomic mass is 9.85. The molecule has 1 aliphatic carbocycles. The second kappa shape index (κ2) is 9.74. The minimum absolute atomic E-state index is 0.103. The van der Waals surface area contributed by atoms with Crippen molar-refractivity contribution in [3.8, 4) is 5.69 Å². The Labute approximate surface area is 216 Å². The van der Waals surface area contributed by atoms with E-state index in [-0.39, 0.29) is 30.8 Å². The molecule has 0 radical (unpaired) electrons. The predicted molar refractivity (Wildman–Crippen MR) is 137 cm³/mol. The lowest BCUT2D eigenvalue weighted by Crippen LogP contribution is -2.50. The summed E-state index contributed by atoms with van der Waals surface area (Å²) in [6.45, 7) is 7.94. The van der Waals surface area contributed by atoms with E-state index in [0.717, 1.165) is 29.8 Å². The summed E-state index contributed by atoms with van der Waals surface area (Å²) in [6.07, 6.45) is 7.02. The van der Waals surface area contributed by atoms with Crippen molar-refractivity contribution >= 4 is 11.8 Å². The Bertz CT molecular complexity index is 1260. The predicted octanol–water partition coefficient (Wildman–Crippen LogP) is 2.77. The lowest BCUT2D eigenvalue weighted by Gasteiger charge is -2.35. The molecule has 2 amide bonds. The van der Waals surface area contributed by atoms with Gasteiger partial charge in [0.15, 0.2) is 0 Å². The van der Waals surface area contributed by atoms with Crippen LogP contribution in [0.4, 0.5) is 0 Å². The second-order valence-corrected chi connectivity index (χ2v) is 11.3. The van der Waals surface area contributed by atoms with Crippen LogP contribution in [0.2, 0.25) is 0 Å². The zero-order valence-corrected chi connectivity index (χ0v) is 21.8. The first-order valence-electron chi connectivity index (χ1n) is 12.9. The van der Waals surface area contributed by atoms with Gasteiger partial charge in [-0.25, -0.2) is 9.36 Å².